The summed E-state index contributed by atoms with van der Waals surface area (Å²) < 4.78 is 12.6. The summed E-state index contributed by atoms with van der Waals surface area (Å²) in [6.07, 6.45) is 10.3. The summed E-state index contributed by atoms with van der Waals surface area (Å²) in [5, 5.41) is 39.7. The highest BCUT2D eigenvalue weighted by Crippen LogP contribution is 2.68. The quantitative estimate of drug-likeness (QED) is 0.689. The van der Waals surface area contributed by atoms with Crippen LogP contribution in [0.15, 0.2) is 18.3 Å². The van der Waals surface area contributed by atoms with Gasteiger partial charge in [-0.1, -0.05) is 44.9 Å². The molecule has 3 aliphatic rings. The van der Waals surface area contributed by atoms with Crippen molar-refractivity contribution in [2.75, 3.05) is 0 Å². The lowest BCUT2D eigenvalue weighted by atomic mass is 9.52. The Morgan fingerprint density at radius 2 is 1.63 bits per heavy atom. The molecule has 2 saturated heterocycles. The molecular weight excluding hydrogens is 378 g/mol. The van der Waals surface area contributed by atoms with Crippen molar-refractivity contribution in [3.05, 3.63) is 24.0 Å². The van der Waals surface area contributed by atoms with Crippen LogP contribution in [0.1, 0.15) is 76.0 Å². The van der Waals surface area contributed by atoms with Crippen LogP contribution >= 0.6 is 0 Å². The molecule has 4 rings (SSSR count). The Kier molecular flexibility index (Phi) is 5.31. The first kappa shape index (κ1) is 20.5. The van der Waals surface area contributed by atoms with E-state index in [2.05, 4.69) is 23.2 Å². The van der Waals surface area contributed by atoms with Gasteiger partial charge in [0.15, 0.2) is 5.41 Å². The Bertz CT molecular complexity index is 907. The van der Waals surface area contributed by atoms with Crippen LogP contribution in [0.4, 0.5) is 0 Å². The minimum Gasteiger partial charge on any atom is -0.447 e. The number of ether oxygens (including phenoxy) is 2. The van der Waals surface area contributed by atoms with Gasteiger partial charge in [0.05, 0.1) is 24.1 Å². The van der Waals surface area contributed by atoms with Gasteiger partial charge in [0.25, 0.3) is 0 Å². The van der Waals surface area contributed by atoms with Crippen molar-refractivity contribution in [3.8, 4) is 18.2 Å². The molecule has 2 aliphatic heterocycles. The van der Waals surface area contributed by atoms with Crippen LogP contribution in [0.3, 0.4) is 0 Å². The number of nitriles is 3. The van der Waals surface area contributed by atoms with E-state index in [1.165, 1.54) is 12.8 Å². The molecule has 0 radical (unpaired) electrons. The van der Waals surface area contributed by atoms with Crippen LogP contribution < -0.4 is 0 Å². The minimum atomic E-state index is -1.87. The van der Waals surface area contributed by atoms with E-state index in [0.29, 0.717) is 18.5 Å². The molecule has 1 saturated carbocycles. The molecule has 1 aliphatic carbocycles. The van der Waals surface area contributed by atoms with Gasteiger partial charge in [-0.25, -0.2) is 0 Å². The molecule has 0 aromatic carbocycles. The molecule has 3 fully saturated rings. The number of nitrogens with one attached hydrogen (secondary N) is 2. The lowest BCUT2D eigenvalue weighted by molar-refractivity contribution is -0.288. The summed E-state index contributed by atoms with van der Waals surface area (Å²) >= 11 is 0. The molecule has 0 amide bonds. The molecule has 156 valence electrons. The number of rotatable bonds is 1. The Labute approximate surface area is 177 Å². The van der Waals surface area contributed by atoms with Crippen molar-refractivity contribution in [3.63, 3.8) is 0 Å². The van der Waals surface area contributed by atoms with E-state index in [1.807, 2.05) is 0 Å². The normalized spacial score (nSPS) is 36.0. The average Bonchev–Trinajstić information content (AvgIpc) is 3.33. The van der Waals surface area contributed by atoms with Crippen molar-refractivity contribution in [2.24, 2.45) is 16.7 Å². The van der Waals surface area contributed by atoms with Crippen molar-refractivity contribution >= 4 is 5.90 Å². The number of hydrogen-bond donors (Lipinski definition) is 2. The van der Waals surface area contributed by atoms with Gasteiger partial charge in [-0.15, -0.1) is 0 Å². The summed E-state index contributed by atoms with van der Waals surface area (Å²) in [7, 11) is 0. The second-order valence-electron chi connectivity index (χ2n) is 8.74. The highest BCUT2D eigenvalue weighted by atomic mass is 16.7. The molecule has 7 nitrogen and oxygen atoms in total. The molecule has 0 spiro atoms. The number of aromatic amines is 1. The van der Waals surface area contributed by atoms with Gasteiger partial charge < -0.3 is 14.5 Å². The largest absolute Gasteiger partial charge is 0.447 e. The number of aromatic nitrogens is 1. The number of hydrogen-bond acceptors (Lipinski definition) is 6. The summed E-state index contributed by atoms with van der Waals surface area (Å²) in [5.74, 6) is -1.96. The van der Waals surface area contributed by atoms with Crippen LogP contribution in [0.25, 0.3) is 0 Å². The summed E-state index contributed by atoms with van der Waals surface area (Å²) in [6.45, 7) is 0. The van der Waals surface area contributed by atoms with E-state index in [1.54, 1.807) is 18.3 Å². The second-order valence-corrected chi connectivity index (χ2v) is 8.74. The zero-order chi connectivity index (χ0) is 21.2. The Balaban J connectivity index is 1.87. The lowest BCUT2D eigenvalue weighted by Gasteiger charge is -2.49. The summed E-state index contributed by atoms with van der Waals surface area (Å²) in [6, 6.07) is 10.0. The van der Waals surface area contributed by atoms with Gasteiger partial charge >= 0.3 is 0 Å². The number of nitrogens with zero attached hydrogens (tertiary/aromatic N) is 3. The van der Waals surface area contributed by atoms with Crippen LogP contribution in [0.2, 0.25) is 0 Å². The highest BCUT2D eigenvalue weighted by Gasteiger charge is 2.80. The second kappa shape index (κ2) is 7.78. The van der Waals surface area contributed by atoms with E-state index >= 15 is 0 Å². The molecule has 30 heavy (non-hydrogen) atoms. The summed E-state index contributed by atoms with van der Waals surface area (Å²) in [5.41, 5.74) is -2.97. The molecule has 2 N–H and O–H groups in total. The first-order valence-corrected chi connectivity index (χ1v) is 10.9. The molecule has 7 heteroatoms. The predicted octanol–water partition coefficient (Wildman–Crippen LogP) is 4.86. The maximum atomic E-state index is 10.4. The molecular formula is C23H27N5O2. The van der Waals surface area contributed by atoms with E-state index in [4.69, 9.17) is 14.9 Å². The third kappa shape index (κ3) is 2.68. The van der Waals surface area contributed by atoms with Crippen molar-refractivity contribution < 1.29 is 9.47 Å². The van der Waals surface area contributed by atoms with Crippen LogP contribution in [0, 0.1) is 56.2 Å². The fourth-order valence-corrected chi connectivity index (χ4v) is 5.71. The fraction of sp³-hybridized carbons (Fsp3) is 0.652. The molecule has 4 atom stereocenters. The van der Waals surface area contributed by atoms with Crippen LogP contribution in [-0.2, 0) is 9.47 Å². The summed E-state index contributed by atoms with van der Waals surface area (Å²) in [4.78, 5) is 3.05. The van der Waals surface area contributed by atoms with Gasteiger partial charge in [0.1, 0.15) is 6.10 Å². The molecule has 4 unspecified atom stereocenters. The van der Waals surface area contributed by atoms with E-state index in [9.17, 15) is 15.8 Å². The van der Waals surface area contributed by atoms with Crippen LogP contribution in [0.5, 0.6) is 0 Å². The van der Waals surface area contributed by atoms with Crippen molar-refractivity contribution in [1.29, 1.82) is 21.2 Å². The zero-order valence-corrected chi connectivity index (χ0v) is 17.1. The van der Waals surface area contributed by atoms with E-state index in [0.717, 1.165) is 38.5 Å². The first-order chi connectivity index (χ1) is 14.6. The Morgan fingerprint density at radius 1 is 0.967 bits per heavy atom. The smallest absolute Gasteiger partial charge is 0.217 e. The standard InChI is InChI=1S/C23H27N5O2/c24-14-21(15-25)19(17-10-9-13-28-17)29-23-12-8-6-4-2-1-3-5-7-11-18(23)22(21,16-26)20(27)30-23/h9-10,13,18-19,27-28H,1-8,11-12H2. The zero-order valence-electron chi connectivity index (χ0n) is 17.1. The SMILES string of the molecule is N#CC1(C#N)C(c2ccc[nH]2)OC23CCCCCCCCCCC2C1(C#N)C(=N)O3. The minimum absolute atomic E-state index is 0.290. The maximum Gasteiger partial charge on any atom is 0.217 e. The van der Waals surface area contributed by atoms with E-state index < -0.39 is 28.6 Å². The first-order valence-electron chi connectivity index (χ1n) is 10.9. The Morgan fingerprint density at radius 3 is 2.23 bits per heavy atom. The molecule has 3 heterocycles. The topological polar surface area (TPSA) is 129 Å². The van der Waals surface area contributed by atoms with Gasteiger partial charge in [0.2, 0.25) is 17.1 Å². The predicted molar refractivity (Wildman–Crippen MR) is 108 cm³/mol. The third-order valence-electron chi connectivity index (χ3n) is 7.22. The van der Waals surface area contributed by atoms with Gasteiger partial charge in [-0.3, -0.25) is 5.41 Å². The molecule has 2 bridgehead atoms. The highest BCUT2D eigenvalue weighted by molar-refractivity contribution is 5.89. The van der Waals surface area contributed by atoms with E-state index in [-0.39, 0.29) is 5.90 Å². The monoisotopic (exact) mass is 405 g/mol. The maximum absolute atomic E-state index is 10.4. The fourth-order valence-electron chi connectivity index (χ4n) is 5.71. The average molecular weight is 406 g/mol. The molecule has 1 aromatic heterocycles. The molecule has 1 aromatic rings. The van der Waals surface area contributed by atoms with Crippen molar-refractivity contribution in [2.45, 2.75) is 76.1 Å². The number of H-pyrrole nitrogens is 1. The van der Waals surface area contributed by atoms with Crippen LogP contribution in [-0.4, -0.2) is 16.7 Å². The third-order valence-corrected chi connectivity index (χ3v) is 7.22. The Hall–Kier alpha value is -2.82. The lowest BCUT2D eigenvalue weighted by Crippen LogP contribution is -2.59. The van der Waals surface area contributed by atoms with Gasteiger partial charge in [0, 0.05) is 18.3 Å². The van der Waals surface area contributed by atoms with Gasteiger partial charge in [-0.05, 0) is 25.0 Å². The van der Waals surface area contributed by atoms with Gasteiger partial charge in [-0.2, -0.15) is 15.8 Å². The van der Waals surface area contributed by atoms with Crippen molar-refractivity contribution in [1.82, 2.24) is 4.98 Å².